The Morgan fingerprint density at radius 3 is 2.87 bits per heavy atom. The van der Waals surface area contributed by atoms with E-state index in [0.717, 1.165) is 17.6 Å². The molecule has 1 aromatic carbocycles. The van der Waals surface area contributed by atoms with Crippen LogP contribution in [-0.4, -0.2) is 15.9 Å². The minimum atomic E-state index is -1.02. The third-order valence-electron chi connectivity index (χ3n) is 1.83. The molecule has 3 nitrogen and oxygen atoms in total. The van der Waals surface area contributed by atoms with E-state index in [0.29, 0.717) is 6.29 Å². The number of rotatable bonds is 2. The summed E-state index contributed by atoms with van der Waals surface area (Å²) in [5, 5.41) is 3.59. The number of hydrogen-bond donors (Lipinski definition) is 0. The van der Waals surface area contributed by atoms with Crippen LogP contribution in [0.25, 0.3) is 11.3 Å². The first-order valence-electron chi connectivity index (χ1n) is 3.96. The molecule has 2 rings (SSSR count). The molecule has 2 aromatic rings. The van der Waals surface area contributed by atoms with Crippen LogP contribution >= 0.6 is 11.5 Å². The first-order valence-corrected chi connectivity index (χ1v) is 4.73. The summed E-state index contributed by atoms with van der Waals surface area (Å²) in [5.41, 5.74) is 0.0258. The first kappa shape index (κ1) is 9.85. The second-order valence-corrected chi connectivity index (χ2v) is 3.49. The Kier molecular flexibility index (Phi) is 2.51. The predicted octanol–water partition coefficient (Wildman–Crippen LogP) is 2.30. The number of carbonyl (C=O) groups excluding carboxylic acids is 1. The van der Waals surface area contributed by atoms with E-state index in [1.165, 1.54) is 12.1 Å². The maximum absolute atomic E-state index is 13.3. The fraction of sp³-hybridized carbons (Fsp3) is 0. The van der Waals surface area contributed by atoms with E-state index in [2.05, 4.69) is 9.59 Å². The van der Waals surface area contributed by atoms with Crippen molar-refractivity contribution in [1.82, 2.24) is 9.59 Å². The Labute approximate surface area is 87.5 Å². The molecule has 76 valence electrons. The number of aldehydes is 1. The summed E-state index contributed by atoms with van der Waals surface area (Å²) >= 11 is 0.841. The lowest BCUT2D eigenvalue weighted by Gasteiger charge is -1.99. The molecule has 1 heterocycles. The highest BCUT2D eigenvalue weighted by Gasteiger charge is 2.16. The van der Waals surface area contributed by atoms with Crippen molar-refractivity contribution in [3.63, 3.8) is 0 Å². The van der Waals surface area contributed by atoms with Crippen molar-refractivity contribution < 1.29 is 13.6 Å². The molecule has 1 aromatic heterocycles. The minimum Gasteiger partial charge on any atom is -0.297 e. The zero-order valence-corrected chi connectivity index (χ0v) is 8.09. The van der Waals surface area contributed by atoms with Gasteiger partial charge in [0.25, 0.3) is 0 Å². The molecule has 0 saturated heterocycles. The molecule has 0 fully saturated rings. The number of hydrogen-bond acceptors (Lipinski definition) is 4. The smallest absolute Gasteiger partial charge is 0.168 e. The van der Waals surface area contributed by atoms with Crippen LogP contribution in [0.4, 0.5) is 8.78 Å². The molecule has 0 amide bonds. The quantitative estimate of drug-likeness (QED) is 0.738. The van der Waals surface area contributed by atoms with Crippen molar-refractivity contribution >= 4 is 17.8 Å². The number of benzene rings is 1. The van der Waals surface area contributed by atoms with Gasteiger partial charge in [0.2, 0.25) is 0 Å². The maximum Gasteiger partial charge on any atom is 0.168 e. The van der Waals surface area contributed by atoms with Crippen molar-refractivity contribution in [3.8, 4) is 11.3 Å². The zero-order chi connectivity index (χ0) is 10.8. The highest BCUT2D eigenvalue weighted by molar-refractivity contribution is 7.07. The third kappa shape index (κ3) is 1.63. The second-order valence-electron chi connectivity index (χ2n) is 2.71. The van der Waals surface area contributed by atoms with E-state index in [-0.39, 0.29) is 16.1 Å². The fourth-order valence-corrected chi connectivity index (χ4v) is 1.64. The van der Waals surface area contributed by atoms with Gasteiger partial charge in [-0.1, -0.05) is 10.6 Å². The van der Waals surface area contributed by atoms with Gasteiger partial charge in [-0.15, -0.1) is 5.10 Å². The maximum atomic E-state index is 13.3. The normalized spacial score (nSPS) is 10.3. The van der Waals surface area contributed by atoms with Gasteiger partial charge in [0.05, 0.1) is 0 Å². The van der Waals surface area contributed by atoms with E-state index < -0.39 is 11.6 Å². The van der Waals surface area contributed by atoms with Crippen molar-refractivity contribution in [3.05, 3.63) is 34.7 Å². The average molecular weight is 226 g/mol. The number of aromatic nitrogens is 2. The van der Waals surface area contributed by atoms with E-state index in [4.69, 9.17) is 0 Å². The van der Waals surface area contributed by atoms with Gasteiger partial charge < -0.3 is 0 Å². The summed E-state index contributed by atoms with van der Waals surface area (Å²) in [6.07, 6.45) is 0.518. The van der Waals surface area contributed by atoms with Gasteiger partial charge in [0.1, 0.15) is 10.6 Å². The molecule has 0 N–H and O–H groups in total. The number of halogens is 2. The van der Waals surface area contributed by atoms with Crippen LogP contribution in [0.2, 0.25) is 0 Å². The summed E-state index contributed by atoms with van der Waals surface area (Å²) in [6, 6.07) is 3.70. The largest absolute Gasteiger partial charge is 0.297 e. The standard InChI is InChI=1S/C9H4F2N2OS/c10-6-3-1-2-5(8(6)11)9-7(4-14)15-13-12-9/h1-4H. The molecule has 0 radical (unpaired) electrons. The van der Waals surface area contributed by atoms with Gasteiger partial charge in [-0.3, -0.25) is 4.79 Å². The molecule has 0 spiro atoms. The third-order valence-corrected chi connectivity index (χ3v) is 2.48. The lowest BCUT2D eigenvalue weighted by Crippen LogP contribution is -1.91. The van der Waals surface area contributed by atoms with Gasteiger partial charge in [-0.2, -0.15) is 0 Å². The Bertz CT molecular complexity index is 513. The molecule has 0 aliphatic rings. The molecule has 0 atom stereocenters. The summed E-state index contributed by atoms with van der Waals surface area (Å²) in [4.78, 5) is 10.8. The Morgan fingerprint density at radius 2 is 2.13 bits per heavy atom. The van der Waals surface area contributed by atoms with Crippen LogP contribution in [-0.2, 0) is 0 Å². The SMILES string of the molecule is O=Cc1snnc1-c1cccc(F)c1F. The molecule has 15 heavy (non-hydrogen) atoms. The molecule has 6 heteroatoms. The highest BCUT2D eigenvalue weighted by Crippen LogP contribution is 2.26. The zero-order valence-electron chi connectivity index (χ0n) is 7.28. The van der Waals surface area contributed by atoms with Crippen molar-refractivity contribution in [2.45, 2.75) is 0 Å². The van der Waals surface area contributed by atoms with Gasteiger partial charge in [0, 0.05) is 5.56 Å². The van der Waals surface area contributed by atoms with Crippen LogP contribution in [0.5, 0.6) is 0 Å². The van der Waals surface area contributed by atoms with Gasteiger partial charge in [0.15, 0.2) is 17.9 Å². The van der Waals surface area contributed by atoms with Crippen molar-refractivity contribution in [1.29, 1.82) is 0 Å². The van der Waals surface area contributed by atoms with Crippen LogP contribution in [0.1, 0.15) is 9.67 Å². The molecule has 0 aliphatic carbocycles. The summed E-state index contributed by atoms with van der Waals surface area (Å²) in [7, 11) is 0. The van der Waals surface area contributed by atoms with Crippen LogP contribution < -0.4 is 0 Å². The van der Waals surface area contributed by atoms with E-state index in [9.17, 15) is 13.6 Å². The molecular formula is C9H4F2N2OS. The molecule has 0 bridgehead atoms. The molecule has 0 aliphatic heterocycles. The predicted molar refractivity (Wildman–Crippen MR) is 50.6 cm³/mol. The van der Waals surface area contributed by atoms with Crippen LogP contribution in [0.3, 0.4) is 0 Å². The molecular weight excluding hydrogens is 222 g/mol. The fourth-order valence-electron chi connectivity index (χ4n) is 1.15. The summed E-state index contributed by atoms with van der Waals surface area (Å²) < 4.78 is 29.7. The highest BCUT2D eigenvalue weighted by atomic mass is 32.1. The average Bonchev–Trinajstić information content (AvgIpc) is 2.70. The molecule has 0 saturated carbocycles. The summed E-state index contributed by atoms with van der Waals surface area (Å²) in [5.74, 6) is -1.99. The van der Waals surface area contributed by atoms with Crippen molar-refractivity contribution in [2.24, 2.45) is 0 Å². The van der Waals surface area contributed by atoms with Gasteiger partial charge >= 0.3 is 0 Å². The van der Waals surface area contributed by atoms with E-state index in [1.807, 2.05) is 0 Å². The van der Waals surface area contributed by atoms with Crippen LogP contribution in [0.15, 0.2) is 18.2 Å². The first-order chi connectivity index (χ1) is 7.24. The van der Waals surface area contributed by atoms with Crippen LogP contribution in [0, 0.1) is 11.6 Å². The minimum absolute atomic E-state index is 0.0501. The second kappa shape index (κ2) is 3.82. The number of carbonyl (C=O) groups is 1. The van der Waals surface area contributed by atoms with E-state index >= 15 is 0 Å². The Balaban J connectivity index is 2.64. The molecule has 0 unspecified atom stereocenters. The lowest BCUT2D eigenvalue weighted by molar-refractivity contribution is 0.112. The Hall–Kier alpha value is -1.69. The topological polar surface area (TPSA) is 42.9 Å². The van der Waals surface area contributed by atoms with Gasteiger partial charge in [-0.25, -0.2) is 8.78 Å². The van der Waals surface area contributed by atoms with E-state index in [1.54, 1.807) is 0 Å². The lowest BCUT2D eigenvalue weighted by atomic mass is 10.1. The van der Waals surface area contributed by atoms with Crippen molar-refractivity contribution in [2.75, 3.05) is 0 Å². The number of nitrogens with zero attached hydrogens (tertiary/aromatic N) is 2. The monoisotopic (exact) mass is 226 g/mol. The van der Waals surface area contributed by atoms with Gasteiger partial charge in [-0.05, 0) is 23.7 Å². The summed E-state index contributed by atoms with van der Waals surface area (Å²) in [6.45, 7) is 0. The Morgan fingerprint density at radius 1 is 1.33 bits per heavy atom.